The fraction of sp³-hybridized carbons (Fsp3) is 0.556. The van der Waals surface area contributed by atoms with Crippen LogP contribution in [0, 0.1) is 0 Å². The van der Waals surface area contributed by atoms with Gasteiger partial charge in [0.25, 0.3) is 0 Å². The first kappa shape index (κ1) is 10.1. The quantitative estimate of drug-likeness (QED) is 0.681. The summed E-state index contributed by atoms with van der Waals surface area (Å²) < 4.78 is 0. The maximum absolute atomic E-state index is 5.51. The van der Waals surface area contributed by atoms with Crippen LogP contribution < -0.4 is 11.5 Å². The number of nitrogens with zero attached hydrogens (tertiary/aromatic N) is 2. The molecular weight excluding hydrogens is 164 g/mol. The monoisotopic (exact) mass is 180 g/mol. The molecule has 0 aliphatic rings. The van der Waals surface area contributed by atoms with Crippen molar-refractivity contribution in [3.8, 4) is 0 Å². The molecule has 1 heterocycles. The molecule has 0 aliphatic carbocycles. The lowest BCUT2D eigenvalue weighted by Gasteiger charge is -2.13. The summed E-state index contributed by atoms with van der Waals surface area (Å²) in [5, 5.41) is 0. The Morgan fingerprint density at radius 1 is 1.23 bits per heavy atom. The zero-order valence-corrected chi connectivity index (χ0v) is 7.69. The summed E-state index contributed by atoms with van der Waals surface area (Å²) in [6, 6.07) is 1.93. The second-order valence-corrected chi connectivity index (χ2v) is 2.99. The molecule has 0 unspecified atom stereocenters. The van der Waals surface area contributed by atoms with Crippen LogP contribution in [0.4, 0.5) is 0 Å². The lowest BCUT2D eigenvalue weighted by molar-refractivity contribution is 0.576. The molecule has 0 saturated carbocycles. The first-order valence-corrected chi connectivity index (χ1v) is 4.54. The van der Waals surface area contributed by atoms with Crippen LogP contribution in [0.25, 0.3) is 0 Å². The van der Waals surface area contributed by atoms with Gasteiger partial charge in [-0.15, -0.1) is 0 Å². The van der Waals surface area contributed by atoms with Gasteiger partial charge in [-0.3, -0.25) is 0 Å². The second kappa shape index (κ2) is 5.61. The molecule has 4 heteroatoms. The molecule has 0 radical (unpaired) electrons. The van der Waals surface area contributed by atoms with Crippen molar-refractivity contribution in [1.82, 2.24) is 9.97 Å². The van der Waals surface area contributed by atoms with Crippen molar-refractivity contribution in [3.63, 3.8) is 0 Å². The second-order valence-electron chi connectivity index (χ2n) is 2.99. The maximum Gasteiger partial charge on any atom is 0.115 e. The van der Waals surface area contributed by atoms with Crippen LogP contribution in [0.1, 0.15) is 24.5 Å². The zero-order valence-electron chi connectivity index (χ0n) is 7.69. The number of hydrogen-bond donors (Lipinski definition) is 2. The lowest BCUT2D eigenvalue weighted by atomic mass is 9.97. The van der Waals surface area contributed by atoms with E-state index in [0.29, 0.717) is 19.0 Å². The first-order chi connectivity index (χ1) is 6.38. The SMILES string of the molecule is NCCC(CCN)c1ccncn1. The predicted octanol–water partition coefficient (Wildman–Crippen LogP) is 0.258. The van der Waals surface area contributed by atoms with E-state index in [1.807, 2.05) is 6.07 Å². The van der Waals surface area contributed by atoms with Crippen LogP contribution in [0.2, 0.25) is 0 Å². The van der Waals surface area contributed by atoms with Crippen molar-refractivity contribution in [2.75, 3.05) is 13.1 Å². The predicted molar refractivity (Wildman–Crippen MR) is 52.1 cm³/mol. The third kappa shape index (κ3) is 3.08. The normalized spacial score (nSPS) is 10.7. The molecule has 0 atom stereocenters. The van der Waals surface area contributed by atoms with Gasteiger partial charge in [-0.2, -0.15) is 0 Å². The van der Waals surface area contributed by atoms with Crippen LogP contribution in [0.5, 0.6) is 0 Å². The molecule has 0 fully saturated rings. The molecule has 0 saturated heterocycles. The van der Waals surface area contributed by atoms with E-state index in [9.17, 15) is 0 Å². The average Bonchev–Trinajstić information content (AvgIpc) is 2.19. The molecule has 1 rings (SSSR count). The summed E-state index contributed by atoms with van der Waals surface area (Å²) in [5.74, 6) is 0.387. The average molecular weight is 180 g/mol. The Balaban J connectivity index is 2.64. The van der Waals surface area contributed by atoms with Gasteiger partial charge in [0, 0.05) is 17.8 Å². The topological polar surface area (TPSA) is 77.8 Å². The van der Waals surface area contributed by atoms with Crippen molar-refractivity contribution >= 4 is 0 Å². The van der Waals surface area contributed by atoms with Crippen molar-refractivity contribution in [2.45, 2.75) is 18.8 Å². The van der Waals surface area contributed by atoms with E-state index in [-0.39, 0.29) is 0 Å². The van der Waals surface area contributed by atoms with Gasteiger partial charge in [0.1, 0.15) is 6.33 Å². The Morgan fingerprint density at radius 3 is 2.38 bits per heavy atom. The van der Waals surface area contributed by atoms with Crippen LogP contribution in [-0.2, 0) is 0 Å². The first-order valence-electron chi connectivity index (χ1n) is 4.54. The summed E-state index contributed by atoms with van der Waals surface area (Å²) >= 11 is 0. The van der Waals surface area contributed by atoms with Gasteiger partial charge in [-0.1, -0.05) is 0 Å². The van der Waals surface area contributed by atoms with Crippen LogP contribution in [0.3, 0.4) is 0 Å². The van der Waals surface area contributed by atoms with E-state index in [0.717, 1.165) is 18.5 Å². The molecule has 4 N–H and O–H groups in total. The lowest BCUT2D eigenvalue weighted by Crippen LogP contribution is -2.13. The molecule has 0 aromatic carbocycles. The maximum atomic E-state index is 5.51. The Labute approximate surface area is 78.4 Å². The molecule has 1 aromatic rings. The standard InChI is InChI=1S/C9H16N4/c10-4-1-8(2-5-11)9-3-6-12-7-13-9/h3,6-8H,1-2,4-5,10-11H2. The highest BCUT2D eigenvalue weighted by Gasteiger charge is 2.10. The molecule has 72 valence electrons. The summed E-state index contributed by atoms with van der Waals surface area (Å²) in [4.78, 5) is 8.07. The Hall–Kier alpha value is -1.00. The van der Waals surface area contributed by atoms with Crippen molar-refractivity contribution in [3.05, 3.63) is 24.3 Å². The molecule has 0 amide bonds. The molecule has 4 nitrogen and oxygen atoms in total. The fourth-order valence-corrected chi connectivity index (χ4v) is 1.38. The zero-order chi connectivity index (χ0) is 9.52. The van der Waals surface area contributed by atoms with E-state index in [1.165, 1.54) is 0 Å². The molecule has 0 spiro atoms. The summed E-state index contributed by atoms with van der Waals surface area (Å²) in [6.07, 6.45) is 5.19. The number of hydrogen-bond acceptors (Lipinski definition) is 4. The van der Waals surface area contributed by atoms with Gasteiger partial charge in [0.15, 0.2) is 0 Å². The number of aromatic nitrogens is 2. The number of nitrogens with two attached hydrogens (primary N) is 2. The van der Waals surface area contributed by atoms with Crippen LogP contribution in [-0.4, -0.2) is 23.1 Å². The fourth-order valence-electron chi connectivity index (χ4n) is 1.38. The van der Waals surface area contributed by atoms with Gasteiger partial charge in [0.2, 0.25) is 0 Å². The highest BCUT2D eigenvalue weighted by atomic mass is 14.8. The van der Waals surface area contributed by atoms with Crippen molar-refractivity contribution in [2.24, 2.45) is 11.5 Å². The Kier molecular flexibility index (Phi) is 4.35. The van der Waals surface area contributed by atoms with E-state index < -0.39 is 0 Å². The van der Waals surface area contributed by atoms with Crippen molar-refractivity contribution in [1.29, 1.82) is 0 Å². The Morgan fingerprint density at radius 2 is 1.92 bits per heavy atom. The van der Waals surface area contributed by atoms with E-state index in [4.69, 9.17) is 11.5 Å². The van der Waals surface area contributed by atoms with Crippen molar-refractivity contribution < 1.29 is 0 Å². The molecule has 0 aliphatic heterocycles. The molecular formula is C9H16N4. The minimum absolute atomic E-state index is 0.387. The number of rotatable bonds is 5. The highest BCUT2D eigenvalue weighted by molar-refractivity contribution is 5.05. The minimum atomic E-state index is 0.387. The molecule has 1 aromatic heterocycles. The highest BCUT2D eigenvalue weighted by Crippen LogP contribution is 2.18. The summed E-state index contributed by atoms with van der Waals surface area (Å²) in [5.41, 5.74) is 12.1. The molecule has 13 heavy (non-hydrogen) atoms. The van der Waals surface area contributed by atoms with E-state index >= 15 is 0 Å². The third-order valence-electron chi connectivity index (χ3n) is 2.05. The van der Waals surface area contributed by atoms with E-state index in [1.54, 1.807) is 12.5 Å². The van der Waals surface area contributed by atoms with Gasteiger partial charge in [-0.05, 0) is 32.0 Å². The van der Waals surface area contributed by atoms with Crippen LogP contribution >= 0.6 is 0 Å². The summed E-state index contributed by atoms with van der Waals surface area (Å²) in [6.45, 7) is 1.35. The van der Waals surface area contributed by atoms with Gasteiger partial charge >= 0.3 is 0 Å². The molecule has 0 bridgehead atoms. The minimum Gasteiger partial charge on any atom is -0.330 e. The van der Waals surface area contributed by atoms with Crippen LogP contribution in [0.15, 0.2) is 18.6 Å². The van der Waals surface area contributed by atoms with Gasteiger partial charge in [-0.25, -0.2) is 9.97 Å². The largest absolute Gasteiger partial charge is 0.330 e. The van der Waals surface area contributed by atoms with E-state index in [2.05, 4.69) is 9.97 Å². The third-order valence-corrected chi connectivity index (χ3v) is 2.05. The Bertz CT molecular complexity index is 218. The van der Waals surface area contributed by atoms with Gasteiger partial charge < -0.3 is 11.5 Å². The van der Waals surface area contributed by atoms with Gasteiger partial charge in [0.05, 0.1) is 0 Å². The smallest absolute Gasteiger partial charge is 0.115 e. The summed E-state index contributed by atoms with van der Waals surface area (Å²) in [7, 11) is 0.